The molecule has 0 aromatic carbocycles. The fourth-order valence-electron chi connectivity index (χ4n) is 4.17. The average Bonchev–Trinajstić information content (AvgIpc) is 2.74. The number of hydrogen-bond donors (Lipinski definition) is 1. The van der Waals surface area contributed by atoms with E-state index in [0.717, 1.165) is 57.4 Å². The van der Waals surface area contributed by atoms with Gasteiger partial charge in [0.05, 0.1) is 17.4 Å². The number of hydrogen-bond acceptors (Lipinski definition) is 6. The van der Waals surface area contributed by atoms with E-state index in [9.17, 15) is 9.90 Å². The van der Waals surface area contributed by atoms with Crippen LogP contribution in [0.4, 0.5) is 0 Å². The highest BCUT2D eigenvalue weighted by atomic mass is 16.3. The van der Waals surface area contributed by atoms with Crippen LogP contribution >= 0.6 is 0 Å². The third-order valence-corrected chi connectivity index (χ3v) is 5.90. The van der Waals surface area contributed by atoms with E-state index in [1.165, 1.54) is 0 Å². The summed E-state index contributed by atoms with van der Waals surface area (Å²) in [4.78, 5) is 30.4. The van der Waals surface area contributed by atoms with Crippen LogP contribution in [0, 0.1) is 6.92 Å². The smallest absolute Gasteiger partial charge is 0.257 e. The molecule has 2 aliphatic heterocycles. The zero-order valence-electron chi connectivity index (χ0n) is 16.3. The lowest BCUT2D eigenvalue weighted by Crippen LogP contribution is -2.49. The molecule has 1 amide bonds. The number of aliphatic hydroxyl groups excluding tert-OH is 1. The van der Waals surface area contributed by atoms with Crippen LogP contribution in [0.2, 0.25) is 0 Å². The van der Waals surface area contributed by atoms with Crippen LogP contribution in [-0.2, 0) is 0 Å². The summed E-state index contributed by atoms with van der Waals surface area (Å²) in [5.41, 5.74) is 2.12. The van der Waals surface area contributed by atoms with Crippen molar-refractivity contribution in [1.82, 2.24) is 24.8 Å². The van der Waals surface area contributed by atoms with Crippen LogP contribution in [0.15, 0.2) is 30.7 Å². The van der Waals surface area contributed by atoms with E-state index in [4.69, 9.17) is 0 Å². The van der Waals surface area contributed by atoms with E-state index in [0.29, 0.717) is 23.1 Å². The van der Waals surface area contributed by atoms with E-state index in [1.54, 1.807) is 18.6 Å². The summed E-state index contributed by atoms with van der Waals surface area (Å²) < 4.78 is 0. The van der Waals surface area contributed by atoms with Gasteiger partial charge in [-0.15, -0.1) is 0 Å². The first-order valence-electron chi connectivity index (χ1n) is 10.1. The van der Waals surface area contributed by atoms with Gasteiger partial charge in [-0.25, -0.2) is 9.97 Å². The Labute approximate surface area is 165 Å². The molecular weight excluding hydrogens is 354 g/mol. The molecule has 0 unspecified atom stereocenters. The van der Waals surface area contributed by atoms with Crippen molar-refractivity contribution < 1.29 is 9.90 Å². The lowest BCUT2D eigenvalue weighted by atomic mass is 9.98. The summed E-state index contributed by atoms with van der Waals surface area (Å²) in [5.74, 6) is 0.607. The summed E-state index contributed by atoms with van der Waals surface area (Å²) in [5, 5.41) is 9.69. The van der Waals surface area contributed by atoms with Gasteiger partial charge < -0.3 is 14.9 Å². The summed E-state index contributed by atoms with van der Waals surface area (Å²) >= 11 is 0. The number of aryl methyl sites for hydroxylation is 1. The zero-order chi connectivity index (χ0) is 19.5. The predicted molar refractivity (Wildman–Crippen MR) is 106 cm³/mol. The second-order valence-corrected chi connectivity index (χ2v) is 7.72. The number of pyridine rings is 1. The van der Waals surface area contributed by atoms with Crippen LogP contribution in [0.5, 0.6) is 0 Å². The van der Waals surface area contributed by atoms with Crippen molar-refractivity contribution in [1.29, 1.82) is 0 Å². The lowest BCUT2D eigenvalue weighted by Gasteiger charge is -2.41. The molecule has 4 rings (SSSR count). The third kappa shape index (κ3) is 4.05. The second-order valence-electron chi connectivity index (χ2n) is 7.72. The van der Waals surface area contributed by atoms with Gasteiger partial charge in [-0.3, -0.25) is 9.78 Å². The first-order chi connectivity index (χ1) is 13.6. The van der Waals surface area contributed by atoms with E-state index in [1.807, 2.05) is 24.0 Å². The minimum absolute atomic E-state index is 0.0164. The van der Waals surface area contributed by atoms with Crippen molar-refractivity contribution in [2.45, 2.75) is 44.8 Å². The highest BCUT2D eigenvalue weighted by Gasteiger charge is 2.30. The fourth-order valence-corrected chi connectivity index (χ4v) is 4.17. The number of piperidine rings is 2. The van der Waals surface area contributed by atoms with E-state index in [-0.39, 0.29) is 12.0 Å². The molecule has 148 valence electrons. The van der Waals surface area contributed by atoms with Crippen molar-refractivity contribution in [3.05, 3.63) is 42.0 Å². The number of amides is 1. The van der Waals surface area contributed by atoms with Gasteiger partial charge in [-0.1, -0.05) is 0 Å². The van der Waals surface area contributed by atoms with Crippen LogP contribution < -0.4 is 0 Å². The molecule has 0 saturated carbocycles. The number of carbonyl (C=O) groups excluding carboxylic acids is 1. The quantitative estimate of drug-likeness (QED) is 0.875. The summed E-state index contributed by atoms with van der Waals surface area (Å²) in [6, 6.07) is 4.27. The topological polar surface area (TPSA) is 82.5 Å². The minimum Gasteiger partial charge on any atom is -0.393 e. The van der Waals surface area contributed by atoms with Gasteiger partial charge in [0.25, 0.3) is 5.91 Å². The fraction of sp³-hybridized carbons (Fsp3) is 0.524. The predicted octanol–water partition coefficient (Wildman–Crippen LogP) is 1.91. The molecule has 7 heteroatoms. The summed E-state index contributed by atoms with van der Waals surface area (Å²) in [6.45, 7) is 5.30. The van der Waals surface area contributed by atoms with Gasteiger partial charge in [0, 0.05) is 56.4 Å². The highest BCUT2D eigenvalue weighted by Crippen LogP contribution is 2.23. The largest absolute Gasteiger partial charge is 0.393 e. The third-order valence-electron chi connectivity index (χ3n) is 5.90. The Kier molecular flexibility index (Phi) is 5.64. The van der Waals surface area contributed by atoms with E-state index in [2.05, 4.69) is 19.9 Å². The lowest BCUT2D eigenvalue weighted by molar-refractivity contribution is 0.0356. The van der Waals surface area contributed by atoms with Crippen LogP contribution in [0.1, 0.15) is 41.7 Å². The number of nitrogens with zero attached hydrogens (tertiary/aromatic N) is 5. The number of rotatable bonds is 3. The van der Waals surface area contributed by atoms with Crippen molar-refractivity contribution in [3.8, 4) is 11.4 Å². The molecular formula is C21H27N5O2. The van der Waals surface area contributed by atoms with Crippen molar-refractivity contribution in [2.24, 2.45) is 0 Å². The molecule has 7 nitrogen and oxygen atoms in total. The SMILES string of the molecule is Cc1nc(-c2cccnc2)ncc1C(=O)N1CCC(N2CCC(O)CC2)CC1. The molecule has 1 N–H and O–H groups in total. The Morgan fingerprint density at radius 3 is 2.50 bits per heavy atom. The molecule has 28 heavy (non-hydrogen) atoms. The maximum atomic E-state index is 13.0. The number of likely N-dealkylation sites (tertiary alicyclic amines) is 2. The van der Waals surface area contributed by atoms with E-state index >= 15 is 0 Å². The van der Waals surface area contributed by atoms with Crippen LogP contribution in [0.25, 0.3) is 11.4 Å². The number of aromatic nitrogens is 3. The van der Waals surface area contributed by atoms with Gasteiger partial charge in [0.1, 0.15) is 0 Å². The Hall–Kier alpha value is -2.38. The van der Waals surface area contributed by atoms with Gasteiger partial charge in [-0.2, -0.15) is 0 Å². The molecule has 4 heterocycles. The molecule has 0 spiro atoms. The second kappa shape index (κ2) is 8.32. The molecule has 2 aliphatic rings. The number of aliphatic hydroxyl groups is 1. The van der Waals surface area contributed by atoms with Gasteiger partial charge in [0.15, 0.2) is 5.82 Å². The highest BCUT2D eigenvalue weighted by molar-refractivity contribution is 5.95. The normalized spacial score (nSPS) is 19.7. The Bertz CT molecular complexity index is 813. The molecule has 0 bridgehead atoms. The standard InChI is InChI=1S/C21H27N5O2/c1-15-19(14-23-20(24-15)16-3-2-8-22-13-16)21(28)26-9-4-17(5-10-26)25-11-6-18(27)7-12-25/h2-3,8,13-14,17-18,27H,4-7,9-12H2,1H3. The van der Waals surface area contributed by atoms with Crippen molar-refractivity contribution in [3.63, 3.8) is 0 Å². The van der Waals surface area contributed by atoms with Crippen molar-refractivity contribution in [2.75, 3.05) is 26.2 Å². The molecule has 0 radical (unpaired) electrons. The first kappa shape index (κ1) is 19.0. The molecule has 2 saturated heterocycles. The Morgan fingerprint density at radius 1 is 1.11 bits per heavy atom. The summed E-state index contributed by atoms with van der Waals surface area (Å²) in [7, 11) is 0. The van der Waals surface area contributed by atoms with E-state index < -0.39 is 0 Å². The Balaban J connectivity index is 1.39. The van der Waals surface area contributed by atoms with Gasteiger partial charge in [-0.05, 0) is 44.7 Å². The molecule has 0 aliphatic carbocycles. The zero-order valence-corrected chi connectivity index (χ0v) is 16.3. The Morgan fingerprint density at radius 2 is 1.86 bits per heavy atom. The van der Waals surface area contributed by atoms with Gasteiger partial charge >= 0.3 is 0 Å². The molecule has 0 atom stereocenters. The van der Waals surface area contributed by atoms with Crippen LogP contribution in [-0.4, -0.2) is 74.1 Å². The van der Waals surface area contributed by atoms with Gasteiger partial charge in [0.2, 0.25) is 0 Å². The maximum Gasteiger partial charge on any atom is 0.257 e. The minimum atomic E-state index is -0.143. The van der Waals surface area contributed by atoms with Crippen molar-refractivity contribution >= 4 is 5.91 Å². The summed E-state index contributed by atoms with van der Waals surface area (Å²) in [6.07, 6.45) is 8.62. The molecule has 2 aromatic rings. The maximum absolute atomic E-state index is 13.0. The molecule has 2 aromatic heterocycles. The average molecular weight is 381 g/mol. The monoisotopic (exact) mass is 381 g/mol. The van der Waals surface area contributed by atoms with Crippen LogP contribution in [0.3, 0.4) is 0 Å². The first-order valence-corrected chi connectivity index (χ1v) is 10.1. The number of carbonyl (C=O) groups is 1. The molecule has 2 fully saturated rings.